The van der Waals surface area contributed by atoms with E-state index in [0.29, 0.717) is 17.0 Å². The Bertz CT molecular complexity index is 592. The van der Waals surface area contributed by atoms with Crippen LogP contribution in [0.1, 0.15) is 31.5 Å². The van der Waals surface area contributed by atoms with Gasteiger partial charge < -0.3 is 4.57 Å². The van der Waals surface area contributed by atoms with Crippen LogP contribution < -0.4 is 0 Å². The van der Waals surface area contributed by atoms with E-state index in [-0.39, 0.29) is 0 Å². The molecule has 1 fully saturated rings. The minimum absolute atomic E-state index is 0.529. The molecule has 2 aromatic heterocycles. The van der Waals surface area contributed by atoms with Gasteiger partial charge in [0.05, 0.1) is 21.8 Å². The average Bonchev–Trinajstić information content (AvgIpc) is 3.10. The second-order valence-corrected chi connectivity index (χ2v) is 5.81. The van der Waals surface area contributed by atoms with Gasteiger partial charge in [0.15, 0.2) is 5.82 Å². The fourth-order valence-electron chi connectivity index (χ4n) is 1.93. The quantitative estimate of drug-likeness (QED) is 0.610. The summed E-state index contributed by atoms with van der Waals surface area (Å²) in [6.45, 7) is 2.07. The molecule has 0 radical (unpaired) electrons. The van der Waals surface area contributed by atoms with Gasteiger partial charge in [-0.3, -0.25) is 0 Å². The van der Waals surface area contributed by atoms with Gasteiger partial charge in [0.25, 0.3) is 0 Å². The summed E-state index contributed by atoms with van der Waals surface area (Å²) in [5.74, 6) is 0.682. The Morgan fingerprint density at radius 1 is 1.44 bits per heavy atom. The number of rotatable bonds is 3. The highest BCUT2D eigenvalue weighted by Crippen LogP contribution is 2.37. The largest absolute Gasteiger partial charge is 0.325 e. The van der Waals surface area contributed by atoms with Gasteiger partial charge in [-0.25, -0.2) is 15.0 Å². The van der Waals surface area contributed by atoms with Crippen molar-refractivity contribution >= 4 is 34.2 Å². The molecular formula is C12H12ClIN4. The summed E-state index contributed by atoms with van der Waals surface area (Å²) >= 11 is 8.37. The van der Waals surface area contributed by atoms with E-state index in [9.17, 15) is 0 Å². The summed E-state index contributed by atoms with van der Waals surface area (Å²) < 4.78 is 3.09. The zero-order valence-corrected chi connectivity index (χ0v) is 12.8. The molecule has 0 spiro atoms. The maximum atomic E-state index is 6.17. The third-order valence-corrected chi connectivity index (χ3v) is 4.78. The van der Waals surface area contributed by atoms with Gasteiger partial charge in [0.2, 0.25) is 0 Å². The lowest BCUT2D eigenvalue weighted by Gasteiger charge is -2.08. The van der Waals surface area contributed by atoms with Crippen LogP contribution in [0, 0.1) is 3.57 Å². The molecule has 0 bridgehead atoms. The Hall–Kier alpha value is -0.690. The van der Waals surface area contributed by atoms with E-state index in [1.807, 2.05) is 12.5 Å². The third kappa shape index (κ3) is 2.14. The molecule has 2 heterocycles. The van der Waals surface area contributed by atoms with Crippen molar-refractivity contribution < 1.29 is 0 Å². The predicted octanol–water partition coefficient (Wildman–Crippen LogP) is 3.50. The number of halogens is 2. The molecule has 3 rings (SSSR count). The van der Waals surface area contributed by atoms with Crippen LogP contribution in [-0.4, -0.2) is 19.5 Å². The highest BCUT2D eigenvalue weighted by atomic mass is 127. The van der Waals surface area contributed by atoms with Gasteiger partial charge in [0, 0.05) is 6.04 Å². The number of nitrogens with zero attached hydrogens (tertiary/aromatic N) is 4. The van der Waals surface area contributed by atoms with Crippen LogP contribution in [0.4, 0.5) is 0 Å². The smallest absolute Gasteiger partial charge is 0.179 e. The van der Waals surface area contributed by atoms with Gasteiger partial charge in [0.1, 0.15) is 10.8 Å². The Balaban J connectivity index is 2.10. The molecule has 6 heteroatoms. The van der Waals surface area contributed by atoms with Gasteiger partial charge in [-0.15, -0.1) is 0 Å². The van der Waals surface area contributed by atoms with E-state index in [1.54, 1.807) is 0 Å². The Morgan fingerprint density at radius 3 is 2.89 bits per heavy atom. The maximum absolute atomic E-state index is 6.17. The first-order valence-corrected chi connectivity index (χ1v) is 7.40. The van der Waals surface area contributed by atoms with E-state index < -0.39 is 0 Å². The number of hydrogen-bond donors (Lipinski definition) is 0. The summed E-state index contributed by atoms with van der Waals surface area (Å²) in [5, 5.41) is 0.529. The zero-order chi connectivity index (χ0) is 12.7. The van der Waals surface area contributed by atoms with Crippen LogP contribution in [0.15, 0.2) is 12.5 Å². The number of aromatic nitrogens is 4. The van der Waals surface area contributed by atoms with Crippen molar-refractivity contribution in [2.24, 2.45) is 0 Å². The summed E-state index contributed by atoms with van der Waals surface area (Å²) in [5.41, 5.74) is 1.96. The predicted molar refractivity (Wildman–Crippen MR) is 78.6 cm³/mol. The van der Waals surface area contributed by atoms with Crippen LogP contribution >= 0.6 is 34.2 Å². The summed E-state index contributed by atoms with van der Waals surface area (Å²) in [6.07, 6.45) is 6.94. The zero-order valence-electron chi connectivity index (χ0n) is 9.90. The lowest BCUT2D eigenvalue weighted by molar-refractivity contribution is 0.742. The normalized spacial score (nSPS) is 15.1. The summed E-state index contributed by atoms with van der Waals surface area (Å²) in [6, 6.07) is 0.564. The Morgan fingerprint density at radius 2 is 2.22 bits per heavy atom. The molecule has 0 aromatic carbocycles. The van der Waals surface area contributed by atoms with E-state index in [0.717, 1.165) is 21.4 Å². The van der Waals surface area contributed by atoms with Crippen molar-refractivity contribution in [1.82, 2.24) is 19.5 Å². The highest BCUT2D eigenvalue weighted by molar-refractivity contribution is 14.1. The van der Waals surface area contributed by atoms with Crippen molar-refractivity contribution in [3.63, 3.8) is 0 Å². The van der Waals surface area contributed by atoms with E-state index >= 15 is 0 Å². The van der Waals surface area contributed by atoms with Gasteiger partial charge >= 0.3 is 0 Å². The van der Waals surface area contributed by atoms with E-state index in [4.69, 9.17) is 11.6 Å². The minimum atomic E-state index is 0.529. The second kappa shape index (κ2) is 4.77. The minimum Gasteiger partial charge on any atom is -0.325 e. The molecule has 0 amide bonds. The molecule has 0 atom stereocenters. The molecule has 2 aromatic rings. The Kier molecular flexibility index (Phi) is 3.27. The molecule has 0 unspecified atom stereocenters. The molecule has 1 aliphatic rings. The SMILES string of the molecule is CCc1nc(-c2cncn2C2CC2)nc(Cl)c1I. The lowest BCUT2D eigenvalue weighted by Crippen LogP contribution is -2.03. The first kappa shape index (κ1) is 12.3. The van der Waals surface area contributed by atoms with Crippen LogP contribution in [0.2, 0.25) is 5.15 Å². The number of imidazole rings is 1. The fourth-order valence-corrected chi connectivity index (χ4v) is 2.75. The van der Waals surface area contributed by atoms with Crippen LogP contribution in [0.5, 0.6) is 0 Å². The molecule has 0 aliphatic heterocycles. The first-order chi connectivity index (χ1) is 8.70. The van der Waals surface area contributed by atoms with Crippen molar-refractivity contribution in [3.05, 3.63) is 26.9 Å². The summed E-state index contributed by atoms with van der Waals surface area (Å²) in [7, 11) is 0. The third-order valence-electron chi connectivity index (χ3n) is 3.05. The fraction of sp³-hybridized carbons (Fsp3) is 0.417. The highest BCUT2D eigenvalue weighted by Gasteiger charge is 2.26. The van der Waals surface area contributed by atoms with E-state index in [1.165, 1.54) is 12.8 Å². The van der Waals surface area contributed by atoms with Crippen molar-refractivity contribution in [2.45, 2.75) is 32.2 Å². The standard InChI is InChI=1S/C12H12ClIN4/c1-2-8-10(14)11(13)17-12(16-8)9-5-15-6-18(9)7-3-4-7/h5-7H,2-4H2,1H3. The van der Waals surface area contributed by atoms with Gasteiger partial charge in [-0.05, 0) is 41.9 Å². The second-order valence-electron chi connectivity index (χ2n) is 4.37. The monoisotopic (exact) mass is 374 g/mol. The number of hydrogen-bond acceptors (Lipinski definition) is 3. The molecule has 0 N–H and O–H groups in total. The first-order valence-electron chi connectivity index (χ1n) is 5.94. The van der Waals surface area contributed by atoms with Crippen molar-refractivity contribution in [2.75, 3.05) is 0 Å². The van der Waals surface area contributed by atoms with Crippen molar-refractivity contribution in [1.29, 1.82) is 0 Å². The van der Waals surface area contributed by atoms with Gasteiger partial charge in [-0.2, -0.15) is 0 Å². The molecule has 94 valence electrons. The Labute approximate surface area is 124 Å². The van der Waals surface area contributed by atoms with Crippen LogP contribution in [0.3, 0.4) is 0 Å². The van der Waals surface area contributed by atoms with Crippen LogP contribution in [0.25, 0.3) is 11.5 Å². The number of aryl methyl sites for hydroxylation is 1. The molecule has 0 saturated heterocycles. The average molecular weight is 375 g/mol. The molecular weight excluding hydrogens is 363 g/mol. The topological polar surface area (TPSA) is 43.6 Å². The molecule has 1 aliphatic carbocycles. The molecule has 1 saturated carbocycles. The lowest BCUT2D eigenvalue weighted by atomic mass is 10.3. The maximum Gasteiger partial charge on any atom is 0.179 e. The van der Waals surface area contributed by atoms with Gasteiger partial charge in [-0.1, -0.05) is 18.5 Å². The molecule has 4 nitrogen and oxygen atoms in total. The molecule has 18 heavy (non-hydrogen) atoms. The van der Waals surface area contributed by atoms with Crippen LogP contribution in [-0.2, 0) is 6.42 Å². The summed E-state index contributed by atoms with van der Waals surface area (Å²) in [4.78, 5) is 13.2. The van der Waals surface area contributed by atoms with Crippen molar-refractivity contribution in [3.8, 4) is 11.5 Å². The van der Waals surface area contributed by atoms with E-state index in [2.05, 4.69) is 49.0 Å².